The van der Waals surface area contributed by atoms with Crippen LogP contribution in [0.25, 0.3) is 10.9 Å². The lowest BCUT2D eigenvalue weighted by molar-refractivity contribution is -0.137. The van der Waals surface area contributed by atoms with Crippen molar-refractivity contribution >= 4 is 33.5 Å². The molecule has 3 N–H and O–H groups in total. The van der Waals surface area contributed by atoms with Crippen LogP contribution in [-0.2, 0) is 22.1 Å². The van der Waals surface area contributed by atoms with Gasteiger partial charge in [0.25, 0.3) is 0 Å². The second kappa shape index (κ2) is 9.31. The maximum Gasteiger partial charge on any atom is 0.323 e. The van der Waals surface area contributed by atoms with Crippen LogP contribution in [0.5, 0.6) is 5.75 Å². The molecule has 154 valence electrons. The number of aromatic nitrogens is 1. The Kier molecular flexibility index (Phi) is 7.34. The number of benzene rings is 1. The number of carboxylic acid groups (broad SMARTS) is 1. The molecule has 2 rings (SSSR count). The molecule has 0 spiro atoms. The zero-order valence-electron chi connectivity index (χ0n) is 15.9. The average Bonchev–Trinajstić information content (AvgIpc) is 2.99. The number of aliphatic carboxylic acids is 1. The highest BCUT2D eigenvalue weighted by atomic mass is 32.2. The highest BCUT2D eigenvalue weighted by Gasteiger charge is 2.25. The predicted octanol–water partition coefficient (Wildman–Crippen LogP) is 1.05. The summed E-state index contributed by atoms with van der Waals surface area (Å²) in [5, 5.41) is 28.2. The number of hydrogen-bond acceptors (Lipinski definition) is 6. The van der Waals surface area contributed by atoms with E-state index in [4.69, 9.17) is 9.84 Å². The van der Waals surface area contributed by atoms with Gasteiger partial charge in [0, 0.05) is 44.6 Å². The highest BCUT2D eigenvalue weighted by Crippen LogP contribution is 2.27. The third-order valence-corrected chi connectivity index (χ3v) is 6.03. The summed E-state index contributed by atoms with van der Waals surface area (Å²) in [4.78, 5) is 22.9. The molecule has 0 aliphatic heterocycles. The van der Waals surface area contributed by atoms with E-state index in [1.165, 1.54) is 17.7 Å². The summed E-state index contributed by atoms with van der Waals surface area (Å²) in [6.07, 6.45) is 1.52. The first-order valence-corrected chi connectivity index (χ1v) is 10.2. The largest absolute Gasteiger partial charge is 0.493 e. The minimum atomic E-state index is -1.27. The molecule has 0 aliphatic carbocycles. The number of carbonyl (C=O) groups is 2. The predicted molar refractivity (Wildman–Crippen MR) is 105 cm³/mol. The van der Waals surface area contributed by atoms with E-state index in [1.807, 2.05) is 0 Å². The quantitative estimate of drug-likeness (QED) is 0.472. The minimum absolute atomic E-state index is 0.162. The number of nitrogens with zero attached hydrogens (tertiary/aromatic N) is 1. The van der Waals surface area contributed by atoms with Crippen LogP contribution in [0.4, 0.5) is 0 Å². The van der Waals surface area contributed by atoms with E-state index in [-0.39, 0.29) is 43.7 Å². The van der Waals surface area contributed by atoms with Crippen LogP contribution in [0.1, 0.15) is 24.2 Å². The molecule has 0 aliphatic rings. The molecule has 0 bridgehead atoms. The standard InChI is InChI=1S/C19H25NO7S/c1-13(23)16-8-20(9-18(24)25)17-4-3-14(7-15(16)17)27-5-6-28(26)12-19(2,10-21)11-22/h3-4,7-8,21-22H,5-6,9-12H2,1-2H3,(H,24,25). The summed E-state index contributed by atoms with van der Waals surface area (Å²) < 4.78 is 19.3. The van der Waals surface area contributed by atoms with Crippen LogP contribution >= 0.6 is 0 Å². The van der Waals surface area contributed by atoms with Crippen molar-refractivity contribution in [1.82, 2.24) is 4.57 Å². The van der Waals surface area contributed by atoms with Gasteiger partial charge in [-0.25, -0.2) is 0 Å². The lowest BCUT2D eigenvalue weighted by atomic mass is 9.96. The molecular weight excluding hydrogens is 386 g/mol. The SMILES string of the molecule is CC(=O)c1cn(CC(=O)O)c2ccc(OCCS(=O)CC(C)(CO)CO)cc12. The Balaban J connectivity index is 2.10. The van der Waals surface area contributed by atoms with E-state index < -0.39 is 22.2 Å². The van der Waals surface area contributed by atoms with Crippen molar-refractivity contribution in [2.75, 3.05) is 31.3 Å². The van der Waals surface area contributed by atoms with Gasteiger partial charge in [0.05, 0.1) is 25.6 Å². The fraction of sp³-hybridized carbons (Fsp3) is 0.474. The van der Waals surface area contributed by atoms with Crippen molar-refractivity contribution in [1.29, 1.82) is 0 Å². The second-order valence-electron chi connectivity index (χ2n) is 7.06. The second-order valence-corrected chi connectivity index (χ2v) is 8.64. The molecule has 1 atom stereocenters. The van der Waals surface area contributed by atoms with Crippen molar-refractivity contribution in [3.63, 3.8) is 0 Å². The zero-order chi connectivity index (χ0) is 20.9. The highest BCUT2D eigenvalue weighted by molar-refractivity contribution is 7.85. The minimum Gasteiger partial charge on any atom is -0.493 e. The summed E-state index contributed by atoms with van der Waals surface area (Å²) in [5.41, 5.74) is 0.227. The molecule has 0 amide bonds. The molecule has 1 heterocycles. The van der Waals surface area contributed by atoms with Crippen LogP contribution < -0.4 is 4.74 Å². The normalized spacial score (nSPS) is 12.9. The number of rotatable bonds is 11. The summed E-state index contributed by atoms with van der Waals surface area (Å²) in [5.74, 6) is -0.318. The van der Waals surface area contributed by atoms with Gasteiger partial charge < -0.3 is 24.6 Å². The smallest absolute Gasteiger partial charge is 0.323 e. The van der Waals surface area contributed by atoms with Crippen molar-refractivity contribution in [3.05, 3.63) is 30.0 Å². The number of carbonyl (C=O) groups excluding carboxylic acids is 1. The van der Waals surface area contributed by atoms with Crippen molar-refractivity contribution in [2.45, 2.75) is 20.4 Å². The average molecular weight is 411 g/mol. The third-order valence-electron chi connectivity index (χ3n) is 4.39. The van der Waals surface area contributed by atoms with Crippen LogP contribution in [0.3, 0.4) is 0 Å². The molecular formula is C19H25NO7S. The fourth-order valence-corrected chi connectivity index (χ4v) is 4.15. The molecule has 9 heteroatoms. The molecule has 0 fully saturated rings. The number of hydrogen-bond donors (Lipinski definition) is 3. The first-order chi connectivity index (χ1) is 13.2. The van der Waals surface area contributed by atoms with Gasteiger partial charge in [-0.2, -0.15) is 0 Å². The fourth-order valence-electron chi connectivity index (χ4n) is 2.78. The van der Waals surface area contributed by atoms with E-state index >= 15 is 0 Å². The van der Waals surface area contributed by atoms with Crippen LogP contribution in [-0.4, -0.2) is 67.2 Å². The van der Waals surface area contributed by atoms with Gasteiger partial charge in [-0.3, -0.25) is 13.8 Å². The van der Waals surface area contributed by atoms with Crippen LogP contribution in [0, 0.1) is 5.41 Å². The summed E-state index contributed by atoms with van der Waals surface area (Å²) in [7, 11) is -1.27. The van der Waals surface area contributed by atoms with Gasteiger partial charge in [-0.05, 0) is 25.1 Å². The Morgan fingerprint density at radius 3 is 2.50 bits per heavy atom. The van der Waals surface area contributed by atoms with Gasteiger partial charge in [0.15, 0.2) is 5.78 Å². The van der Waals surface area contributed by atoms with Gasteiger partial charge in [0.1, 0.15) is 12.3 Å². The van der Waals surface area contributed by atoms with Crippen molar-refractivity contribution < 1.29 is 33.9 Å². The maximum absolute atomic E-state index is 12.1. The topological polar surface area (TPSA) is 126 Å². The first-order valence-electron chi connectivity index (χ1n) is 8.74. The Labute approximate surface area is 165 Å². The number of fused-ring (bicyclic) bond motifs is 1. The Morgan fingerprint density at radius 2 is 1.93 bits per heavy atom. The molecule has 1 aromatic carbocycles. The Hall–Kier alpha value is -2.23. The van der Waals surface area contributed by atoms with Crippen molar-refractivity contribution in [3.8, 4) is 5.75 Å². The van der Waals surface area contributed by atoms with E-state index in [0.29, 0.717) is 22.2 Å². The van der Waals surface area contributed by atoms with Crippen LogP contribution in [0.15, 0.2) is 24.4 Å². The lowest BCUT2D eigenvalue weighted by Gasteiger charge is -2.23. The summed E-state index contributed by atoms with van der Waals surface area (Å²) in [6, 6.07) is 5.02. The Bertz CT molecular complexity index is 886. The van der Waals surface area contributed by atoms with Gasteiger partial charge >= 0.3 is 5.97 Å². The molecule has 8 nitrogen and oxygen atoms in total. The third kappa shape index (κ3) is 5.40. The maximum atomic E-state index is 12.1. The van der Waals surface area contributed by atoms with Crippen LogP contribution in [0.2, 0.25) is 0 Å². The molecule has 0 saturated heterocycles. The molecule has 1 unspecified atom stereocenters. The van der Waals surface area contributed by atoms with E-state index in [0.717, 1.165) is 0 Å². The summed E-state index contributed by atoms with van der Waals surface area (Å²) in [6.45, 7) is 2.47. The molecule has 0 radical (unpaired) electrons. The van der Waals surface area contributed by atoms with E-state index in [2.05, 4.69) is 0 Å². The molecule has 2 aromatic rings. The molecule has 28 heavy (non-hydrogen) atoms. The van der Waals surface area contributed by atoms with Gasteiger partial charge in [-0.1, -0.05) is 6.92 Å². The number of ketones is 1. The van der Waals surface area contributed by atoms with E-state index in [9.17, 15) is 24.0 Å². The van der Waals surface area contributed by atoms with Gasteiger partial charge in [-0.15, -0.1) is 0 Å². The Morgan fingerprint density at radius 1 is 1.25 bits per heavy atom. The van der Waals surface area contributed by atoms with Gasteiger partial charge in [0.2, 0.25) is 0 Å². The van der Waals surface area contributed by atoms with Crippen molar-refractivity contribution in [2.24, 2.45) is 5.41 Å². The number of Topliss-reactive ketones (excluding diaryl/α,β-unsaturated/α-hetero) is 1. The lowest BCUT2D eigenvalue weighted by Crippen LogP contribution is -2.33. The monoisotopic (exact) mass is 411 g/mol. The van der Waals surface area contributed by atoms with E-state index in [1.54, 1.807) is 25.1 Å². The number of aliphatic hydroxyl groups excluding tert-OH is 2. The first kappa shape index (κ1) is 22.1. The summed E-state index contributed by atoms with van der Waals surface area (Å²) >= 11 is 0. The number of ether oxygens (including phenoxy) is 1. The number of carboxylic acids is 1. The zero-order valence-corrected chi connectivity index (χ0v) is 16.7. The molecule has 0 saturated carbocycles. The number of aliphatic hydroxyl groups is 2. The molecule has 1 aromatic heterocycles.